The molecule has 148 valence electrons. The van der Waals surface area contributed by atoms with E-state index in [9.17, 15) is 14.7 Å². The molecule has 0 radical (unpaired) electrons. The van der Waals surface area contributed by atoms with Crippen molar-refractivity contribution >= 4 is 23.5 Å². The van der Waals surface area contributed by atoms with E-state index in [1.54, 1.807) is 29.2 Å². The predicted octanol–water partition coefficient (Wildman–Crippen LogP) is 4.30. The quantitative estimate of drug-likeness (QED) is 0.426. The number of ketones is 1. The van der Waals surface area contributed by atoms with Gasteiger partial charge in [0.15, 0.2) is 5.78 Å². The Balaban J connectivity index is 1.68. The van der Waals surface area contributed by atoms with Crippen LogP contribution < -0.4 is 0 Å². The maximum Gasteiger partial charge on any atom is 0.254 e. The highest BCUT2D eigenvalue weighted by Gasteiger charge is 2.16. The van der Waals surface area contributed by atoms with Crippen molar-refractivity contribution in [3.63, 3.8) is 0 Å². The third-order valence-corrected chi connectivity index (χ3v) is 5.41. The molecule has 1 N–H and O–H groups in total. The Hall–Kier alpha value is -2.89. The van der Waals surface area contributed by atoms with Crippen LogP contribution in [0.3, 0.4) is 0 Å². The topological polar surface area (TPSA) is 57.6 Å². The summed E-state index contributed by atoms with van der Waals surface area (Å²) in [7, 11) is 0. The first-order valence-corrected chi connectivity index (χ1v) is 10.4. The average Bonchev–Trinajstić information content (AvgIpc) is 2.78. The first kappa shape index (κ1) is 20.8. The molecule has 0 aliphatic carbocycles. The van der Waals surface area contributed by atoms with Crippen molar-refractivity contribution < 1.29 is 14.7 Å². The van der Waals surface area contributed by atoms with Gasteiger partial charge in [-0.3, -0.25) is 9.59 Å². The fourth-order valence-electron chi connectivity index (χ4n) is 2.93. The van der Waals surface area contributed by atoms with Crippen LogP contribution in [0, 0.1) is 0 Å². The molecule has 3 rings (SSSR count). The number of carbonyl (C=O) groups is 2. The van der Waals surface area contributed by atoms with E-state index in [1.807, 2.05) is 60.7 Å². The molecular formula is C24H23NO3S. The van der Waals surface area contributed by atoms with Gasteiger partial charge in [0, 0.05) is 29.1 Å². The number of hydrogen-bond acceptors (Lipinski definition) is 4. The van der Waals surface area contributed by atoms with E-state index in [4.69, 9.17) is 0 Å². The number of aliphatic hydroxyl groups is 1. The molecule has 0 aromatic heterocycles. The van der Waals surface area contributed by atoms with Crippen molar-refractivity contribution in [1.29, 1.82) is 0 Å². The molecule has 1 amide bonds. The van der Waals surface area contributed by atoms with Crippen LogP contribution in [-0.4, -0.2) is 40.6 Å². The first-order chi connectivity index (χ1) is 14.2. The van der Waals surface area contributed by atoms with Crippen LogP contribution in [0.15, 0.2) is 89.8 Å². The average molecular weight is 406 g/mol. The third kappa shape index (κ3) is 6.04. The lowest BCUT2D eigenvalue weighted by Crippen LogP contribution is -2.33. The van der Waals surface area contributed by atoms with Gasteiger partial charge < -0.3 is 10.0 Å². The van der Waals surface area contributed by atoms with Gasteiger partial charge >= 0.3 is 0 Å². The molecule has 3 aromatic carbocycles. The van der Waals surface area contributed by atoms with Crippen LogP contribution in [0.1, 0.15) is 26.3 Å². The Bertz CT molecular complexity index is 945. The first-order valence-electron chi connectivity index (χ1n) is 9.42. The molecule has 0 heterocycles. The fraction of sp³-hybridized carbons (Fsp3) is 0.167. The summed E-state index contributed by atoms with van der Waals surface area (Å²) in [4.78, 5) is 27.8. The van der Waals surface area contributed by atoms with Crippen molar-refractivity contribution in [1.82, 2.24) is 4.90 Å². The van der Waals surface area contributed by atoms with Crippen LogP contribution in [0.25, 0.3) is 0 Å². The Kier molecular flexibility index (Phi) is 7.61. The van der Waals surface area contributed by atoms with Crippen molar-refractivity contribution in [3.8, 4) is 0 Å². The van der Waals surface area contributed by atoms with E-state index in [2.05, 4.69) is 0 Å². The number of hydrogen-bond donors (Lipinski definition) is 1. The zero-order valence-electron chi connectivity index (χ0n) is 16.0. The summed E-state index contributed by atoms with van der Waals surface area (Å²) in [5.41, 5.74) is 2.24. The largest absolute Gasteiger partial charge is 0.395 e. The standard InChI is InChI=1S/C24H23NO3S/c26-15-14-25(17-19-8-3-1-4-9-19)24(28)21-12-7-13-22(16-21)29-18-23(27)20-10-5-2-6-11-20/h1-13,16,26H,14-15,17-18H2. The molecule has 0 aliphatic heterocycles. The van der Waals surface area contributed by atoms with Crippen molar-refractivity contribution in [2.45, 2.75) is 11.4 Å². The summed E-state index contributed by atoms with van der Waals surface area (Å²) < 4.78 is 0. The normalized spacial score (nSPS) is 10.5. The number of amides is 1. The van der Waals surface area contributed by atoms with Gasteiger partial charge in [0.25, 0.3) is 5.91 Å². The van der Waals surface area contributed by atoms with Crippen LogP contribution in [0.4, 0.5) is 0 Å². The molecular weight excluding hydrogens is 382 g/mol. The van der Waals surface area contributed by atoms with E-state index in [1.165, 1.54) is 11.8 Å². The van der Waals surface area contributed by atoms with Crippen molar-refractivity contribution in [2.75, 3.05) is 18.9 Å². The van der Waals surface area contributed by atoms with Gasteiger partial charge in [0.1, 0.15) is 0 Å². The van der Waals surface area contributed by atoms with Crippen LogP contribution >= 0.6 is 11.8 Å². The highest BCUT2D eigenvalue weighted by atomic mass is 32.2. The van der Waals surface area contributed by atoms with Gasteiger partial charge in [-0.2, -0.15) is 0 Å². The van der Waals surface area contributed by atoms with Crippen LogP contribution in [0.2, 0.25) is 0 Å². The second kappa shape index (κ2) is 10.6. The number of benzene rings is 3. The highest BCUT2D eigenvalue weighted by molar-refractivity contribution is 8.00. The van der Waals surface area contributed by atoms with Gasteiger partial charge in [-0.15, -0.1) is 11.8 Å². The maximum atomic E-state index is 13.0. The second-order valence-electron chi connectivity index (χ2n) is 6.54. The predicted molar refractivity (Wildman–Crippen MR) is 116 cm³/mol. The molecule has 4 nitrogen and oxygen atoms in total. The van der Waals surface area contributed by atoms with E-state index >= 15 is 0 Å². The maximum absolute atomic E-state index is 13.0. The third-order valence-electron chi connectivity index (χ3n) is 4.42. The van der Waals surface area contributed by atoms with Gasteiger partial charge in [0.2, 0.25) is 0 Å². The lowest BCUT2D eigenvalue weighted by Gasteiger charge is -2.22. The minimum Gasteiger partial charge on any atom is -0.395 e. The summed E-state index contributed by atoms with van der Waals surface area (Å²) in [5.74, 6) is 0.226. The van der Waals surface area contributed by atoms with Crippen molar-refractivity contribution in [3.05, 3.63) is 102 Å². The number of thioether (sulfide) groups is 1. The summed E-state index contributed by atoms with van der Waals surface area (Å²) in [6.45, 7) is 0.597. The van der Waals surface area contributed by atoms with E-state index < -0.39 is 0 Å². The SMILES string of the molecule is O=C(CSc1cccc(C(=O)N(CCO)Cc2ccccc2)c1)c1ccccc1. The number of carbonyl (C=O) groups excluding carboxylic acids is 2. The van der Waals surface area contributed by atoms with E-state index in [0.29, 0.717) is 23.4 Å². The molecule has 0 bridgehead atoms. The molecule has 5 heteroatoms. The highest BCUT2D eigenvalue weighted by Crippen LogP contribution is 2.22. The lowest BCUT2D eigenvalue weighted by molar-refractivity contribution is 0.0707. The fourth-order valence-corrected chi connectivity index (χ4v) is 3.78. The molecule has 0 fully saturated rings. The molecule has 0 saturated heterocycles. The summed E-state index contributed by atoms with van der Waals surface area (Å²) in [6.07, 6.45) is 0. The zero-order valence-corrected chi connectivity index (χ0v) is 16.8. The van der Waals surface area contributed by atoms with E-state index in [0.717, 1.165) is 10.5 Å². The Labute approximate surface area is 175 Å². The van der Waals surface area contributed by atoms with Crippen LogP contribution in [-0.2, 0) is 6.54 Å². The number of nitrogens with zero attached hydrogens (tertiary/aromatic N) is 1. The molecule has 29 heavy (non-hydrogen) atoms. The summed E-state index contributed by atoms with van der Waals surface area (Å²) in [5, 5.41) is 9.38. The minimum atomic E-state index is -0.139. The molecule has 0 atom stereocenters. The van der Waals surface area contributed by atoms with Crippen LogP contribution in [0.5, 0.6) is 0 Å². The summed E-state index contributed by atoms with van der Waals surface area (Å²) in [6, 6.07) is 26.2. The monoisotopic (exact) mass is 405 g/mol. The van der Waals surface area contributed by atoms with Gasteiger partial charge in [-0.05, 0) is 23.8 Å². The molecule has 0 saturated carbocycles. The Morgan fingerprint density at radius 2 is 1.48 bits per heavy atom. The van der Waals surface area contributed by atoms with Gasteiger partial charge in [0.05, 0.1) is 12.4 Å². The van der Waals surface area contributed by atoms with Gasteiger partial charge in [-0.25, -0.2) is 0 Å². The van der Waals surface area contributed by atoms with E-state index in [-0.39, 0.29) is 24.8 Å². The number of Topliss-reactive ketones (excluding diaryl/α,β-unsaturated/α-hetero) is 1. The Morgan fingerprint density at radius 3 is 2.17 bits per heavy atom. The zero-order chi connectivity index (χ0) is 20.5. The molecule has 0 spiro atoms. The molecule has 3 aromatic rings. The number of rotatable bonds is 9. The van der Waals surface area contributed by atoms with Gasteiger partial charge in [-0.1, -0.05) is 66.7 Å². The summed E-state index contributed by atoms with van der Waals surface area (Å²) >= 11 is 1.41. The second-order valence-corrected chi connectivity index (χ2v) is 7.59. The molecule has 0 unspecified atom stereocenters. The molecule has 0 aliphatic rings. The smallest absolute Gasteiger partial charge is 0.254 e. The minimum absolute atomic E-state index is 0.0540. The lowest BCUT2D eigenvalue weighted by atomic mass is 10.1. The number of aliphatic hydroxyl groups excluding tert-OH is 1. The Morgan fingerprint density at radius 1 is 0.828 bits per heavy atom. The van der Waals surface area contributed by atoms with Crippen molar-refractivity contribution in [2.24, 2.45) is 0 Å².